The summed E-state index contributed by atoms with van der Waals surface area (Å²) in [5.41, 5.74) is 11.9. The van der Waals surface area contributed by atoms with Crippen LogP contribution < -0.4 is 16.0 Å². The minimum Gasteiger partial charge on any atom is -0.362 e. The second-order valence-corrected chi connectivity index (χ2v) is 29.2. The largest absolute Gasteiger partial charge is 0.362 e. The van der Waals surface area contributed by atoms with E-state index in [-0.39, 0.29) is 35.5 Å². The molecule has 12 rings (SSSR count). The van der Waals surface area contributed by atoms with Gasteiger partial charge in [0.15, 0.2) is 5.11 Å². The van der Waals surface area contributed by atoms with Crippen LogP contribution in [0.2, 0.25) is 0 Å². The van der Waals surface area contributed by atoms with Gasteiger partial charge < -0.3 is 35.3 Å². The van der Waals surface area contributed by atoms with E-state index in [4.69, 9.17) is 17.2 Å². The van der Waals surface area contributed by atoms with E-state index >= 15 is 0 Å². The maximum absolute atomic E-state index is 14.1. The zero-order valence-corrected chi connectivity index (χ0v) is 54.7. The number of aliphatic imine (C=N–C) groups is 1. The molecule has 0 radical (unpaired) electrons. The predicted molar refractivity (Wildman–Crippen MR) is 355 cm³/mol. The number of carbonyl (C=O) groups excluding carboxylic acids is 4. The number of likely N-dealkylation sites (tertiary alicyclic amines) is 1. The highest BCUT2D eigenvalue weighted by atomic mass is 32.1. The number of nitrogens with zero attached hydrogens (tertiary/aromatic N) is 5. The van der Waals surface area contributed by atoms with Gasteiger partial charge in [-0.1, -0.05) is 48.2 Å². The molecule has 17 heteroatoms. The van der Waals surface area contributed by atoms with Crippen LogP contribution in [0.4, 0.5) is 0 Å². The van der Waals surface area contributed by atoms with E-state index < -0.39 is 10.8 Å². The molecule has 0 spiro atoms. The van der Waals surface area contributed by atoms with Crippen molar-refractivity contribution in [2.24, 2.45) is 4.99 Å². The van der Waals surface area contributed by atoms with Gasteiger partial charge in [-0.15, -0.1) is 22.7 Å². The number of hydrogen-bond acceptors (Lipinski definition) is 9. The first kappa shape index (κ1) is 61.0. The Labute approximate surface area is 520 Å². The molecule has 1 unspecified atom stereocenters. The summed E-state index contributed by atoms with van der Waals surface area (Å²) in [5.74, 6) is 1.39. The molecule has 454 valence electrons. The molecule has 5 aromatic heterocycles. The number of amides is 4. The van der Waals surface area contributed by atoms with Gasteiger partial charge in [-0.3, -0.25) is 34.5 Å². The Hall–Kier alpha value is -6.69. The lowest BCUT2D eigenvalue weighted by atomic mass is 9.88. The molecular formula is C69H86N10O4S3. The smallest absolute Gasteiger partial charge is 0.233 e. The Balaban J connectivity index is 0.000000184. The number of benzene rings is 2. The van der Waals surface area contributed by atoms with Gasteiger partial charge in [-0.05, 0) is 202 Å². The van der Waals surface area contributed by atoms with Crippen molar-refractivity contribution >= 4 is 90.0 Å². The van der Waals surface area contributed by atoms with Crippen molar-refractivity contribution in [2.45, 2.75) is 194 Å². The number of thiophene rings is 2. The molecule has 86 heavy (non-hydrogen) atoms. The molecular weight excluding hydrogens is 1130 g/mol. The van der Waals surface area contributed by atoms with Crippen molar-refractivity contribution in [2.75, 3.05) is 26.2 Å². The van der Waals surface area contributed by atoms with Crippen molar-refractivity contribution < 1.29 is 19.2 Å². The summed E-state index contributed by atoms with van der Waals surface area (Å²) in [6, 6.07) is 23.6. The highest BCUT2D eigenvalue weighted by Crippen LogP contribution is 2.48. The number of aromatic nitrogens is 3. The molecule has 4 amide bonds. The summed E-state index contributed by atoms with van der Waals surface area (Å²) in [6.07, 6.45) is 13.8. The van der Waals surface area contributed by atoms with Gasteiger partial charge in [0.05, 0.1) is 22.2 Å². The molecule has 5 aliphatic heterocycles. The molecule has 7 aromatic rings. The highest BCUT2D eigenvalue weighted by molar-refractivity contribution is 7.80. The molecule has 3 atom stereocenters. The fourth-order valence-electron chi connectivity index (χ4n) is 14.8. The number of nitrogens with one attached hydrogen (secondary N) is 5. The van der Waals surface area contributed by atoms with Crippen molar-refractivity contribution in [1.82, 2.24) is 45.6 Å². The summed E-state index contributed by atoms with van der Waals surface area (Å²) >= 11 is 8.71. The number of hydrogen-bond donors (Lipinski definition) is 5. The normalized spacial score (nSPS) is 20.9. The molecule has 5 aliphatic rings. The molecule has 5 N–H and O–H groups in total. The predicted octanol–water partition coefficient (Wildman–Crippen LogP) is 13.5. The topological polar surface area (TPSA) is 171 Å². The maximum Gasteiger partial charge on any atom is 0.233 e. The van der Waals surface area contributed by atoms with Gasteiger partial charge in [0, 0.05) is 115 Å². The number of carbonyl (C=O) groups is 4. The van der Waals surface area contributed by atoms with E-state index in [0.717, 1.165) is 124 Å². The van der Waals surface area contributed by atoms with Gasteiger partial charge in [0.2, 0.25) is 29.6 Å². The third-order valence-corrected chi connectivity index (χ3v) is 22.1. The van der Waals surface area contributed by atoms with Gasteiger partial charge in [0.1, 0.15) is 9.66 Å². The monoisotopic (exact) mass is 1210 g/mol. The maximum atomic E-state index is 14.1. The van der Waals surface area contributed by atoms with Crippen LogP contribution in [-0.4, -0.2) is 115 Å². The SMILES string of the molecule is CC(=O)NC(=NC[C@@H](C)c1c(-c2cc(C)cc(C)c2)[nH]c2sc(C(C)(C)C(=O)N3C4CCC3CC4)cc12)N1CCC(c2ccncc2)C1.CC(=O)NC(=S)NC[C@@H](C)c1c(-c2cc(C)cc(C)c2)[nH]c2sc(C(C)(C)C(=O)N3C4CCC3CC4)cc12. The lowest BCUT2D eigenvalue weighted by molar-refractivity contribution is -0.138. The first-order valence-corrected chi connectivity index (χ1v) is 33.2. The van der Waals surface area contributed by atoms with Crippen molar-refractivity contribution in [3.05, 3.63) is 122 Å². The first-order chi connectivity index (χ1) is 40.9. The number of pyridine rings is 1. The Morgan fingerprint density at radius 1 is 0.640 bits per heavy atom. The highest BCUT2D eigenvalue weighted by Gasteiger charge is 2.49. The number of guanidine groups is 1. The third kappa shape index (κ3) is 12.2. The Kier molecular flexibility index (Phi) is 17.3. The summed E-state index contributed by atoms with van der Waals surface area (Å²) in [4.78, 5) is 79.5. The Bertz CT molecular complexity index is 3690. The van der Waals surface area contributed by atoms with Crippen LogP contribution in [-0.2, 0) is 30.0 Å². The third-order valence-electron chi connectivity index (χ3n) is 19.1. The van der Waals surface area contributed by atoms with Crippen LogP contribution in [0.3, 0.4) is 0 Å². The zero-order valence-electron chi connectivity index (χ0n) is 52.3. The standard InChI is InChI=1S/C39H48N6O2S.C30H38N4O2S2/c1-23-17-24(2)19-29(18-23)35-34(25(3)21-41-38(42-26(4)46)44-16-13-28(22-44)27-11-14-40-15-12-27)32-20-33(48-36(32)43-35)39(5,6)37(47)45-30-7-8-31(45)10-9-30;1-16-11-17(2)13-20(12-16)26-25(18(3)15-31-29(37)32-19(4)35)23-14-24(38-27(23)33-26)30(5,6)28(36)34-21-7-8-22(34)10-9-21/h11-12,14-15,17-20,25,28,30-31,43H,7-10,13,16,21-22H2,1-6H3,(H,41,42,46);11-14,18,21-22,33H,7-10,15H2,1-6H3,(H2,31,32,35,37)/t25-,28?,30?,31?;18-,21?,22?/m11/s1. The van der Waals surface area contributed by atoms with Crippen LogP contribution in [0.5, 0.6) is 0 Å². The van der Waals surface area contributed by atoms with E-state index in [9.17, 15) is 19.2 Å². The van der Waals surface area contributed by atoms with Crippen molar-refractivity contribution in [3.63, 3.8) is 0 Å². The Morgan fingerprint density at radius 3 is 1.50 bits per heavy atom. The van der Waals surface area contributed by atoms with Crippen LogP contribution in [0.15, 0.2) is 78.0 Å². The van der Waals surface area contributed by atoms with E-state index in [2.05, 4.69) is 176 Å². The fraction of sp³-hybridized carbons (Fsp3) is 0.493. The first-order valence-electron chi connectivity index (χ1n) is 31.1. The molecule has 10 heterocycles. The average molecular weight is 1220 g/mol. The van der Waals surface area contributed by atoms with E-state index in [1.807, 2.05) is 12.4 Å². The minimum absolute atomic E-state index is 0.0487. The van der Waals surface area contributed by atoms with Crippen molar-refractivity contribution in [1.29, 1.82) is 0 Å². The lowest BCUT2D eigenvalue weighted by Crippen LogP contribution is -2.45. The zero-order chi connectivity index (χ0) is 61.1. The van der Waals surface area contributed by atoms with E-state index in [1.54, 1.807) is 29.6 Å². The number of rotatable bonds is 13. The molecule has 0 saturated carbocycles. The summed E-state index contributed by atoms with van der Waals surface area (Å²) < 4.78 is 0. The molecule has 2 aromatic carbocycles. The number of aryl methyl sites for hydroxylation is 4. The van der Waals surface area contributed by atoms with Crippen LogP contribution in [0, 0.1) is 27.7 Å². The summed E-state index contributed by atoms with van der Waals surface area (Å²) in [7, 11) is 0. The van der Waals surface area contributed by atoms with Gasteiger partial charge in [-0.2, -0.15) is 0 Å². The molecule has 14 nitrogen and oxygen atoms in total. The van der Waals surface area contributed by atoms with Gasteiger partial charge in [0.25, 0.3) is 0 Å². The number of H-pyrrole nitrogens is 2. The number of fused-ring (bicyclic) bond motifs is 6. The number of aromatic amines is 2. The molecule has 0 aliphatic carbocycles. The summed E-state index contributed by atoms with van der Waals surface area (Å²) in [5, 5.41) is 11.6. The van der Waals surface area contributed by atoms with E-state index in [0.29, 0.717) is 54.2 Å². The number of thiocarbonyl (C=S) groups is 1. The molecule has 4 bridgehead atoms. The quantitative estimate of drug-likeness (QED) is 0.0431. The van der Waals surface area contributed by atoms with Gasteiger partial charge >= 0.3 is 0 Å². The average Bonchev–Trinajstić information content (AvgIpc) is 1.70. The molecule has 5 fully saturated rings. The fourth-order valence-corrected chi connectivity index (χ4v) is 17.3. The summed E-state index contributed by atoms with van der Waals surface area (Å²) in [6.45, 7) is 27.0. The van der Waals surface area contributed by atoms with E-state index in [1.165, 1.54) is 45.9 Å². The second kappa shape index (κ2) is 24.5. The van der Waals surface area contributed by atoms with Crippen LogP contribution in [0.1, 0.15) is 180 Å². The van der Waals surface area contributed by atoms with Crippen molar-refractivity contribution in [3.8, 4) is 22.5 Å². The Morgan fingerprint density at radius 2 is 1.07 bits per heavy atom. The molecule has 5 saturated heterocycles. The van der Waals surface area contributed by atoms with Gasteiger partial charge in [-0.25, -0.2) is 0 Å². The van der Waals surface area contributed by atoms with Crippen LogP contribution in [0.25, 0.3) is 42.9 Å². The minimum atomic E-state index is -0.603. The van der Waals surface area contributed by atoms with Crippen LogP contribution >= 0.6 is 34.9 Å². The lowest BCUT2D eigenvalue weighted by Gasteiger charge is -2.31. The second-order valence-electron chi connectivity index (χ2n) is 26.6.